The number of rotatable bonds is 8. The molecule has 0 N–H and O–H groups in total. The van der Waals surface area contributed by atoms with Crippen LogP contribution >= 0.6 is 0 Å². The van der Waals surface area contributed by atoms with Crippen molar-refractivity contribution in [2.24, 2.45) is 0 Å². The molecule has 16 heteroatoms. The molecule has 0 spiro atoms. The summed E-state index contributed by atoms with van der Waals surface area (Å²) in [5.74, 6) is 3.12. The van der Waals surface area contributed by atoms with Crippen LogP contribution in [0.4, 0.5) is 0 Å². The second-order valence-corrected chi connectivity index (χ2v) is 35.3. The molecule has 0 aliphatic heterocycles. The summed E-state index contributed by atoms with van der Waals surface area (Å²) in [5, 5.41) is 14.6. The van der Waals surface area contributed by atoms with Crippen molar-refractivity contribution in [1.82, 2.24) is 78.5 Å². The summed E-state index contributed by atoms with van der Waals surface area (Å²) < 4.78 is 6.79. The molecule has 614 valence electrons. The zero-order valence-electron chi connectivity index (χ0n) is 71.8. The molecule has 0 radical (unpaired) electrons. The Morgan fingerprint density at radius 3 is 0.908 bits per heavy atom. The molecular weight excluding hydrogens is 1590 g/mol. The number of para-hydroxylation sites is 1. The van der Waals surface area contributed by atoms with Gasteiger partial charge in [-0.25, -0.2) is 24.9 Å². The Labute approximate surface area is 746 Å². The van der Waals surface area contributed by atoms with Crippen molar-refractivity contribution in [3.63, 3.8) is 0 Å². The van der Waals surface area contributed by atoms with Crippen molar-refractivity contribution in [1.29, 1.82) is 0 Å². The van der Waals surface area contributed by atoms with Gasteiger partial charge in [-0.05, 0) is 131 Å². The molecule has 3 aliphatic carbocycles. The van der Waals surface area contributed by atoms with E-state index in [0.717, 1.165) is 154 Å². The number of nitrogens with zero attached hydrogens (tertiary/aromatic N) is 16. The molecule has 12 aromatic carbocycles. The van der Waals surface area contributed by atoms with Crippen molar-refractivity contribution < 1.29 is 0 Å². The highest BCUT2D eigenvalue weighted by Gasteiger charge is 2.45. The van der Waals surface area contributed by atoms with Crippen LogP contribution < -0.4 is 0 Å². The van der Waals surface area contributed by atoms with Crippen molar-refractivity contribution in [2.45, 2.75) is 57.8 Å². The van der Waals surface area contributed by atoms with Crippen LogP contribution in [-0.2, 0) is 16.2 Å². The monoisotopic (exact) mass is 1670 g/mol. The predicted molar refractivity (Wildman–Crippen MR) is 524 cm³/mol. The topological polar surface area (TPSA) is 182 Å². The smallest absolute Gasteiger partial charge is 0.238 e. The van der Waals surface area contributed by atoms with E-state index >= 15 is 0 Å². The largest absolute Gasteiger partial charge is 0.277 e. The maximum atomic E-state index is 5.34. The van der Waals surface area contributed by atoms with Crippen LogP contribution in [-0.4, -0.2) is 78.5 Å². The molecule has 16 nitrogen and oxygen atoms in total. The molecule has 27 rings (SSSR count). The molecule has 12 aromatic heterocycles. The minimum absolute atomic E-state index is 0.257. The van der Waals surface area contributed by atoms with Crippen LogP contribution in [0.1, 0.15) is 74.9 Å². The van der Waals surface area contributed by atoms with Gasteiger partial charge in [-0.3, -0.25) is 43.6 Å². The summed E-state index contributed by atoms with van der Waals surface area (Å²) in [6.07, 6.45) is 23.2. The van der Waals surface area contributed by atoms with Gasteiger partial charge in [0.2, 0.25) is 17.8 Å². The van der Waals surface area contributed by atoms with Gasteiger partial charge in [0.25, 0.3) is 0 Å². The van der Waals surface area contributed by atoms with E-state index in [1.54, 1.807) is 0 Å². The fraction of sp³-hybridized carbons (Fsp3) is 0.0789. The number of pyridine rings is 6. The Balaban J connectivity index is 0.000000105. The molecule has 0 bridgehead atoms. The summed E-state index contributed by atoms with van der Waals surface area (Å²) in [6.45, 7) is 14.0. The van der Waals surface area contributed by atoms with Gasteiger partial charge in [0.05, 0.1) is 55.7 Å². The average molecular weight is 1670 g/mol. The Bertz CT molecular complexity index is 8370. The van der Waals surface area contributed by atoms with E-state index < -0.39 is 0 Å². The summed E-state index contributed by atoms with van der Waals surface area (Å²) in [4.78, 5) is 64.1. The van der Waals surface area contributed by atoms with Gasteiger partial charge < -0.3 is 0 Å². The lowest BCUT2D eigenvalue weighted by molar-refractivity contribution is 0.663. The van der Waals surface area contributed by atoms with Crippen LogP contribution in [0.3, 0.4) is 0 Å². The van der Waals surface area contributed by atoms with Gasteiger partial charge in [0, 0.05) is 172 Å². The van der Waals surface area contributed by atoms with Gasteiger partial charge >= 0.3 is 0 Å². The molecule has 0 unspecified atom stereocenters. The summed E-state index contributed by atoms with van der Waals surface area (Å²) in [5.41, 5.74) is 29.4. The van der Waals surface area contributed by atoms with Crippen LogP contribution in [0, 0.1) is 0 Å². The van der Waals surface area contributed by atoms with Crippen LogP contribution in [0.15, 0.2) is 366 Å². The van der Waals surface area contributed by atoms with E-state index in [-0.39, 0.29) is 16.2 Å². The van der Waals surface area contributed by atoms with Gasteiger partial charge in [-0.2, -0.15) is 9.97 Å². The molecule has 0 saturated heterocycles. The molecular formula is C114H78N16. The van der Waals surface area contributed by atoms with Gasteiger partial charge in [-0.1, -0.05) is 284 Å². The zero-order chi connectivity index (χ0) is 86.8. The average Bonchev–Trinajstić information content (AvgIpc) is 1.53. The quantitative estimate of drug-likeness (QED) is 0.140. The summed E-state index contributed by atoms with van der Waals surface area (Å²) >= 11 is 0. The fourth-order valence-corrected chi connectivity index (χ4v) is 21.5. The van der Waals surface area contributed by atoms with Crippen LogP contribution in [0.25, 0.3) is 216 Å². The third kappa shape index (κ3) is 11.3. The first-order chi connectivity index (χ1) is 63.8. The van der Waals surface area contributed by atoms with Crippen molar-refractivity contribution in [2.75, 3.05) is 0 Å². The molecule has 24 aromatic rings. The lowest BCUT2D eigenvalue weighted by Gasteiger charge is -2.24. The molecule has 0 amide bonds. The molecule has 0 saturated carbocycles. The summed E-state index contributed by atoms with van der Waals surface area (Å²) in [7, 11) is 0. The first kappa shape index (κ1) is 75.7. The zero-order valence-corrected chi connectivity index (χ0v) is 71.8. The lowest BCUT2D eigenvalue weighted by atomic mass is 9.81. The number of hydrogen-bond acceptors (Lipinski definition) is 13. The van der Waals surface area contributed by atoms with Crippen molar-refractivity contribution in [3.05, 3.63) is 399 Å². The van der Waals surface area contributed by atoms with Crippen LogP contribution in [0.2, 0.25) is 0 Å². The molecule has 12 heterocycles. The van der Waals surface area contributed by atoms with E-state index in [1.165, 1.54) is 66.8 Å². The number of benzene rings is 12. The van der Waals surface area contributed by atoms with E-state index in [4.69, 9.17) is 34.9 Å². The normalized spacial score (nSPS) is 13.5. The standard InChI is InChI=1S/C39H27N5.C38H26N6.C37H25N5/c1-39(2)30-16-10-9-15-27(30)34-28-22-40-19-17-26(28)35-29-23-41-20-18-33(29)44(37(35)36(34)39)38-42-31(24-11-5-3-6-12-24)21-32(43-38)25-13-7-4-8-14-25;1-38(2)29-16-10-9-15-26(29)31-27-21-39-19-17-25(27)32-28-22-40-20-18-30(28)44(34(32)33(31)38)37-42-35(23-11-5-3-6-12-23)41-36(43-37)24-13-7-4-8-14-24;1-37(2)28-14-8-6-12-24(28)31-26-20-38-18-16-23(26)32-27-21-39-19-17-30(27)42(35(32)33(31)37)36-40-29-15-9-7-13-25(29)34(41-36)22-10-4-3-5-11-22/h3-23H,1-2H3;3-22H,1-2H3;3-21H,1-2H3. The highest BCUT2D eigenvalue weighted by atomic mass is 15.2. The number of hydrogen-bond donors (Lipinski definition) is 0. The Hall–Kier alpha value is -16.9. The second-order valence-electron chi connectivity index (χ2n) is 35.3. The minimum atomic E-state index is -0.286. The van der Waals surface area contributed by atoms with Gasteiger partial charge in [-0.15, -0.1) is 0 Å². The first-order valence-electron chi connectivity index (χ1n) is 43.9. The van der Waals surface area contributed by atoms with Gasteiger partial charge in [0.15, 0.2) is 11.6 Å². The highest BCUT2D eigenvalue weighted by molar-refractivity contribution is 6.30. The first-order valence-corrected chi connectivity index (χ1v) is 43.9. The van der Waals surface area contributed by atoms with Crippen molar-refractivity contribution >= 4 is 109 Å². The maximum absolute atomic E-state index is 5.34. The number of fused-ring (bicyclic) bond motifs is 31. The van der Waals surface area contributed by atoms with E-state index in [0.29, 0.717) is 29.5 Å². The molecule has 3 aliphatic rings. The van der Waals surface area contributed by atoms with E-state index in [9.17, 15) is 0 Å². The maximum Gasteiger partial charge on any atom is 0.238 e. The Morgan fingerprint density at radius 2 is 0.531 bits per heavy atom. The summed E-state index contributed by atoms with van der Waals surface area (Å²) in [6, 6.07) is 101. The lowest BCUT2D eigenvalue weighted by Crippen LogP contribution is -2.17. The predicted octanol–water partition coefficient (Wildman–Crippen LogP) is 26.4. The molecule has 0 atom stereocenters. The Kier molecular flexibility index (Phi) is 16.9. The highest BCUT2D eigenvalue weighted by Crippen LogP contribution is 2.60. The SMILES string of the molecule is CC1(C)c2ccccc2-c2c1c1c(c3ccncc23)c2cnccc2n1-c1nc(-c2ccccc2)c2ccccc2n1.CC1(C)c2ccccc2-c2c1c1c(c3ccncc23)c2cnccc2n1-c1nc(-c2ccccc2)cc(-c2ccccc2)n1.CC1(C)c2ccccc2-c2c1c1c(c3ccncc23)c2cnccc2n1-c1nc(-c2ccccc2)nc(-c2ccccc2)n1. The van der Waals surface area contributed by atoms with Crippen LogP contribution in [0.5, 0.6) is 0 Å². The molecule has 0 fully saturated rings. The molecule has 130 heavy (non-hydrogen) atoms. The van der Waals surface area contributed by atoms with E-state index in [2.05, 4.69) is 291 Å². The third-order valence-corrected chi connectivity index (χ3v) is 27.1. The van der Waals surface area contributed by atoms with E-state index in [1.807, 2.05) is 159 Å². The Morgan fingerprint density at radius 1 is 0.231 bits per heavy atom. The fourth-order valence-electron chi connectivity index (χ4n) is 21.5. The second kappa shape index (κ2) is 29.1. The number of aromatic nitrogens is 16. The third-order valence-electron chi connectivity index (χ3n) is 27.1. The minimum Gasteiger partial charge on any atom is -0.277 e. The van der Waals surface area contributed by atoms with Crippen molar-refractivity contribution in [3.8, 4) is 108 Å². The van der Waals surface area contributed by atoms with Gasteiger partial charge in [0.1, 0.15) is 0 Å².